The number of alkyl halides is 6. The van der Waals surface area contributed by atoms with Crippen molar-refractivity contribution in [1.82, 2.24) is 9.97 Å². The molecule has 2 aromatic rings. The first kappa shape index (κ1) is 15.6. The van der Waals surface area contributed by atoms with E-state index in [-0.39, 0.29) is 17.0 Å². The van der Waals surface area contributed by atoms with E-state index in [0.717, 1.165) is 12.3 Å². The van der Waals surface area contributed by atoms with Crippen molar-refractivity contribution in [2.45, 2.75) is 12.4 Å². The molecule has 0 bridgehead atoms. The van der Waals surface area contributed by atoms with E-state index in [0.29, 0.717) is 12.1 Å². The SMILES string of the molecule is FC(F)(F)c1ccc(-c2ccnc(Cl)n2)c(C(F)(F)F)c1. The molecule has 21 heavy (non-hydrogen) atoms. The van der Waals surface area contributed by atoms with E-state index in [1.54, 1.807) is 0 Å². The van der Waals surface area contributed by atoms with Crippen molar-refractivity contribution >= 4 is 11.6 Å². The predicted molar refractivity (Wildman–Crippen MR) is 62.5 cm³/mol. The molecule has 0 saturated heterocycles. The van der Waals surface area contributed by atoms with E-state index in [2.05, 4.69) is 9.97 Å². The van der Waals surface area contributed by atoms with Crippen LogP contribution in [0.5, 0.6) is 0 Å². The van der Waals surface area contributed by atoms with Gasteiger partial charge in [0.1, 0.15) is 0 Å². The van der Waals surface area contributed by atoms with Gasteiger partial charge in [0, 0.05) is 11.8 Å². The zero-order chi connectivity index (χ0) is 15.8. The van der Waals surface area contributed by atoms with Gasteiger partial charge in [0.15, 0.2) is 0 Å². The molecule has 2 rings (SSSR count). The Labute approximate surface area is 119 Å². The third-order valence-corrected chi connectivity index (χ3v) is 2.74. The van der Waals surface area contributed by atoms with Gasteiger partial charge in [-0.3, -0.25) is 0 Å². The average Bonchev–Trinajstić information content (AvgIpc) is 2.36. The van der Waals surface area contributed by atoms with Crippen LogP contribution in [0.3, 0.4) is 0 Å². The van der Waals surface area contributed by atoms with Gasteiger partial charge >= 0.3 is 12.4 Å². The summed E-state index contributed by atoms with van der Waals surface area (Å²) in [5, 5.41) is -0.305. The maximum absolute atomic E-state index is 13.0. The number of aromatic nitrogens is 2. The molecule has 0 aliphatic carbocycles. The molecule has 0 N–H and O–H groups in total. The summed E-state index contributed by atoms with van der Waals surface area (Å²) in [6.07, 6.45) is -8.72. The second kappa shape index (κ2) is 5.18. The van der Waals surface area contributed by atoms with Crippen LogP contribution in [-0.4, -0.2) is 9.97 Å². The first-order valence-corrected chi connectivity index (χ1v) is 5.74. The fourth-order valence-corrected chi connectivity index (χ4v) is 1.81. The predicted octanol–water partition coefficient (Wildman–Crippen LogP) is 4.83. The van der Waals surface area contributed by atoms with Gasteiger partial charge < -0.3 is 0 Å². The number of hydrogen-bond donors (Lipinski definition) is 0. The molecule has 9 heteroatoms. The summed E-state index contributed by atoms with van der Waals surface area (Å²) >= 11 is 5.48. The smallest absolute Gasteiger partial charge is 0.226 e. The van der Waals surface area contributed by atoms with Gasteiger partial charge in [-0.05, 0) is 29.8 Å². The van der Waals surface area contributed by atoms with Crippen LogP contribution in [0.15, 0.2) is 30.5 Å². The standard InChI is InChI=1S/C12H5ClF6N2/c13-10-20-4-3-9(21-10)7-2-1-6(11(14,15)16)5-8(7)12(17,18)19/h1-5H. The summed E-state index contributed by atoms with van der Waals surface area (Å²) in [6.45, 7) is 0. The van der Waals surface area contributed by atoms with Crippen molar-refractivity contribution in [1.29, 1.82) is 0 Å². The molecule has 2 nitrogen and oxygen atoms in total. The van der Waals surface area contributed by atoms with Gasteiger partial charge in [-0.25, -0.2) is 9.97 Å². The highest BCUT2D eigenvalue weighted by Crippen LogP contribution is 2.40. The van der Waals surface area contributed by atoms with E-state index >= 15 is 0 Å². The normalized spacial score (nSPS) is 12.5. The minimum Gasteiger partial charge on any atom is -0.226 e. The number of nitrogens with zero attached hydrogens (tertiary/aromatic N) is 2. The van der Waals surface area contributed by atoms with Crippen LogP contribution < -0.4 is 0 Å². The van der Waals surface area contributed by atoms with E-state index in [1.165, 1.54) is 0 Å². The summed E-state index contributed by atoms with van der Waals surface area (Å²) in [5.41, 5.74) is -3.54. The van der Waals surface area contributed by atoms with Crippen molar-refractivity contribution in [2.75, 3.05) is 0 Å². The van der Waals surface area contributed by atoms with Crippen molar-refractivity contribution in [3.05, 3.63) is 46.9 Å². The van der Waals surface area contributed by atoms with E-state index < -0.39 is 29.0 Å². The summed E-state index contributed by atoms with van der Waals surface area (Å²) in [4.78, 5) is 7.09. The Bertz CT molecular complexity index is 666. The molecule has 1 aromatic carbocycles. The Hall–Kier alpha value is -1.83. The van der Waals surface area contributed by atoms with Crippen molar-refractivity contribution in [3.8, 4) is 11.3 Å². The molecule has 0 spiro atoms. The lowest BCUT2D eigenvalue weighted by Gasteiger charge is -2.15. The summed E-state index contributed by atoms with van der Waals surface area (Å²) in [7, 11) is 0. The molecule has 0 saturated carbocycles. The van der Waals surface area contributed by atoms with Crippen molar-refractivity contribution < 1.29 is 26.3 Å². The second-order valence-corrected chi connectivity index (χ2v) is 4.30. The third-order valence-electron chi connectivity index (χ3n) is 2.55. The fourth-order valence-electron chi connectivity index (χ4n) is 1.66. The fraction of sp³-hybridized carbons (Fsp3) is 0.167. The minimum atomic E-state index is -4.96. The molecule has 112 valence electrons. The topological polar surface area (TPSA) is 25.8 Å². The number of rotatable bonds is 1. The average molecular weight is 327 g/mol. The van der Waals surface area contributed by atoms with Crippen LogP contribution >= 0.6 is 11.6 Å². The molecule has 0 atom stereocenters. The molecule has 0 amide bonds. The number of halogens is 7. The largest absolute Gasteiger partial charge is 0.417 e. The maximum Gasteiger partial charge on any atom is 0.417 e. The molecule has 0 fully saturated rings. The van der Waals surface area contributed by atoms with Crippen LogP contribution in [0, 0.1) is 0 Å². The van der Waals surface area contributed by atoms with Gasteiger partial charge in [-0.15, -0.1) is 0 Å². The molecular formula is C12H5ClF6N2. The Morgan fingerprint density at radius 3 is 2.10 bits per heavy atom. The quantitative estimate of drug-likeness (QED) is 0.554. The van der Waals surface area contributed by atoms with Crippen LogP contribution in [0.1, 0.15) is 11.1 Å². The van der Waals surface area contributed by atoms with Gasteiger partial charge in [-0.2, -0.15) is 26.3 Å². The lowest BCUT2D eigenvalue weighted by Crippen LogP contribution is -2.12. The first-order chi connectivity index (χ1) is 9.59. The molecule has 1 aromatic heterocycles. The summed E-state index contributed by atoms with van der Waals surface area (Å²) in [6, 6.07) is 2.44. The third kappa shape index (κ3) is 3.44. The van der Waals surface area contributed by atoms with E-state index in [1.807, 2.05) is 0 Å². The molecule has 0 unspecified atom stereocenters. The Balaban J connectivity index is 2.67. The van der Waals surface area contributed by atoms with Crippen molar-refractivity contribution in [2.24, 2.45) is 0 Å². The zero-order valence-electron chi connectivity index (χ0n) is 9.93. The highest BCUT2D eigenvalue weighted by atomic mass is 35.5. The van der Waals surface area contributed by atoms with Gasteiger partial charge in [0.2, 0.25) is 5.28 Å². The Kier molecular flexibility index (Phi) is 3.83. The molecule has 0 aliphatic rings. The Morgan fingerprint density at radius 2 is 1.57 bits per heavy atom. The Morgan fingerprint density at radius 1 is 0.905 bits per heavy atom. The zero-order valence-corrected chi connectivity index (χ0v) is 10.7. The monoisotopic (exact) mass is 326 g/mol. The van der Waals surface area contributed by atoms with Crippen LogP contribution in [0.25, 0.3) is 11.3 Å². The molecule has 1 heterocycles. The minimum absolute atomic E-state index is 0.0470. The molecule has 0 radical (unpaired) electrons. The number of hydrogen-bond acceptors (Lipinski definition) is 2. The van der Waals surface area contributed by atoms with Crippen molar-refractivity contribution in [3.63, 3.8) is 0 Å². The van der Waals surface area contributed by atoms with Gasteiger partial charge in [0.25, 0.3) is 0 Å². The van der Waals surface area contributed by atoms with Crippen LogP contribution in [-0.2, 0) is 12.4 Å². The summed E-state index contributed by atoms with van der Waals surface area (Å²) < 4.78 is 76.5. The van der Waals surface area contributed by atoms with E-state index in [4.69, 9.17) is 11.6 Å². The first-order valence-electron chi connectivity index (χ1n) is 5.36. The number of benzene rings is 1. The highest BCUT2D eigenvalue weighted by Gasteiger charge is 2.38. The highest BCUT2D eigenvalue weighted by molar-refractivity contribution is 6.28. The van der Waals surface area contributed by atoms with Gasteiger partial charge in [-0.1, -0.05) is 6.07 Å². The molecular weight excluding hydrogens is 322 g/mol. The van der Waals surface area contributed by atoms with Crippen LogP contribution in [0.4, 0.5) is 26.3 Å². The van der Waals surface area contributed by atoms with Gasteiger partial charge in [0.05, 0.1) is 16.8 Å². The van der Waals surface area contributed by atoms with E-state index in [9.17, 15) is 26.3 Å². The second-order valence-electron chi connectivity index (χ2n) is 3.97. The summed E-state index contributed by atoms with van der Waals surface area (Å²) in [5.74, 6) is 0. The maximum atomic E-state index is 13.0. The lowest BCUT2D eigenvalue weighted by molar-refractivity contribution is -0.142. The van der Waals surface area contributed by atoms with Crippen LogP contribution in [0.2, 0.25) is 5.28 Å². The lowest BCUT2D eigenvalue weighted by atomic mass is 10.0. The molecule has 0 aliphatic heterocycles.